The molecule has 1 aliphatic heterocycles. The number of aliphatic hydroxyl groups is 1. The summed E-state index contributed by atoms with van der Waals surface area (Å²) >= 11 is 6.64. The maximum atomic E-state index is 13.2. The minimum absolute atomic E-state index is 0.119. The topological polar surface area (TPSA) is 86.9 Å². The molecule has 2 aromatic heterocycles. The van der Waals surface area contributed by atoms with Gasteiger partial charge in [-0.3, -0.25) is 18.9 Å². The lowest BCUT2D eigenvalue weighted by Gasteiger charge is -2.23. The molecule has 0 unspecified atom stereocenters. The summed E-state index contributed by atoms with van der Waals surface area (Å²) in [6.45, 7) is 2.03. The Labute approximate surface area is 188 Å². The lowest BCUT2D eigenvalue weighted by molar-refractivity contribution is -0.123. The Morgan fingerprint density at radius 1 is 1.19 bits per heavy atom. The van der Waals surface area contributed by atoms with Gasteiger partial charge in [0.15, 0.2) is 0 Å². The standard InChI is InChI=1S/C22H20N4O3S2/c1-14(15-7-3-2-4-8-15)26-21(29)17(31-22(26)30)13-16-19(23-10-12-27)24-18-9-5-6-11-25(18)20(16)28/h2-9,11,13-14,23,27H,10,12H2,1H3/b17-13-/t14-/m0/s1. The van der Waals surface area contributed by atoms with Gasteiger partial charge in [0.1, 0.15) is 15.8 Å². The number of benzene rings is 1. The van der Waals surface area contributed by atoms with Crippen molar-refractivity contribution < 1.29 is 9.90 Å². The van der Waals surface area contributed by atoms with E-state index in [1.807, 2.05) is 37.3 Å². The second-order valence-electron chi connectivity index (χ2n) is 6.90. The fourth-order valence-corrected chi connectivity index (χ4v) is 4.77. The van der Waals surface area contributed by atoms with Crippen molar-refractivity contribution in [2.24, 2.45) is 0 Å². The Morgan fingerprint density at radius 3 is 2.68 bits per heavy atom. The van der Waals surface area contributed by atoms with Gasteiger partial charge in [0.2, 0.25) is 0 Å². The summed E-state index contributed by atoms with van der Waals surface area (Å²) in [7, 11) is 0. The summed E-state index contributed by atoms with van der Waals surface area (Å²) in [6.07, 6.45) is 3.16. The highest BCUT2D eigenvalue weighted by Gasteiger charge is 2.36. The van der Waals surface area contributed by atoms with Crippen molar-refractivity contribution in [1.82, 2.24) is 14.3 Å². The van der Waals surface area contributed by atoms with Crippen molar-refractivity contribution in [2.75, 3.05) is 18.5 Å². The van der Waals surface area contributed by atoms with Crippen LogP contribution in [0, 0.1) is 0 Å². The Kier molecular flexibility index (Phi) is 6.17. The summed E-state index contributed by atoms with van der Waals surface area (Å²) in [5.74, 6) is 0.0589. The van der Waals surface area contributed by atoms with Crippen LogP contribution in [0.2, 0.25) is 0 Å². The smallest absolute Gasteiger partial charge is 0.267 e. The van der Waals surface area contributed by atoms with E-state index in [2.05, 4.69) is 10.3 Å². The SMILES string of the molecule is C[C@@H](c1ccccc1)N1C(=O)/C(=C/c2c(NCCO)nc3ccccn3c2=O)SC1=S. The maximum absolute atomic E-state index is 13.2. The number of nitrogens with one attached hydrogen (secondary N) is 1. The molecule has 1 aliphatic rings. The molecule has 1 atom stereocenters. The number of pyridine rings is 1. The van der Waals surface area contributed by atoms with Crippen LogP contribution in [-0.4, -0.2) is 42.8 Å². The number of hydrogen-bond donors (Lipinski definition) is 2. The minimum atomic E-state index is -0.313. The van der Waals surface area contributed by atoms with E-state index in [1.165, 1.54) is 10.5 Å². The van der Waals surface area contributed by atoms with Crippen molar-refractivity contribution in [2.45, 2.75) is 13.0 Å². The van der Waals surface area contributed by atoms with Crippen molar-refractivity contribution in [3.8, 4) is 0 Å². The lowest BCUT2D eigenvalue weighted by atomic mass is 10.1. The van der Waals surface area contributed by atoms with Crippen molar-refractivity contribution in [1.29, 1.82) is 0 Å². The number of aliphatic hydroxyl groups excluding tert-OH is 1. The predicted molar refractivity (Wildman–Crippen MR) is 127 cm³/mol. The number of amides is 1. The third-order valence-electron chi connectivity index (χ3n) is 4.94. The predicted octanol–water partition coefficient (Wildman–Crippen LogP) is 3.06. The molecule has 9 heteroatoms. The van der Waals surface area contributed by atoms with E-state index >= 15 is 0 Å². The molecule has 31 heavy (non-hydrogen) atoms. The molecular formula is C22H20N4O3S2. The largest absolute Gasteiger partial charge is 0.395 e. The fraction of sp³-hybridized carbons (Fsp3) is 0.182. The molecule has 3 aromatic rings. The molecule has 1 amide bonds. The van der Waals surface area contributed by atoms with Gasteiger partial charge < -0.3 is 10.4 Å². The van der Waals surface area contributed by atoms with Gasteiger partial charge in [-0.25, -0.2) is 4.98 Å². The number of nitrogens with zero attached hydrogens (tertiary/aromatic N) is 3. The van der Waals surface area contributed by atoms with Gasteiger partial charge in [0, 0.05) is 12.7 Å². The van der Waals surface area contributed by atoms with Crippen LogP contribution in [0.1, 0.15) is 24.1 Å². The molecule has 7 nitrogen and oxygen atoms in total. The summed E-state index contributed by atoms with van der Waals surface area (Å²) in [4.78, 5) is 32.7. The van der Waals surface area contributed by atoms with Crippen molar-refractivity contribution >= 4 is 51.7 Å². The summed E-state index contributed by atoms with van der Waals surface area (Å²) < 4.78 is 1.86. The van der Waals surface area contributed by atoms with Crippen LogP contribution in [0.25, 0.3) is 11.7 Å². The first-order chi connectivity index (χ1) is 15.0. The van der Waals surface area contributed by atoms with Gasteiger partial charge in [0.25, 0.3) is 11.5 Å². The molecule has 1 saturated heterocycles. The normalized spacial score (nSPS) is 16.3. The van der Waals surface area contributed by atoms with E-state index in [-0.39, 0.29) is 36.2 Å². The highest BCUT2D eigenvalue weighted by molar-refractivity contribution is 8.26. The Balaban J connectivity index is 1.76. The average Bonchev–Trinajstić information content (AvgIpc) is 3.07. The Bertz CT molecular complexity index is 1240. The van der Waals surface area contributed by atoms with E-state index in [0.717, 1.165) is 17.3 Å². The number of thiocarbonyl (C=S) groups is 1. The third kappa shape index (κ3) is 4.12. The fourth-order valence-electron chi connectivity index (χ4n) is 3.37. The first kappa shape index (κ1) is 21.2. The second-order valence-corrected chi connectivity index (χ2v) is 8.57. The Hall–Kier alpha value is -3.01. The zero-order valence-corrected chi connectivity index (χ0v) is 18.3. The van der Waals surface area contributed by atoms with Crippen LogP contribution in [0.5, 0.6) is 0 Å². The zero-order valence-electron chi connectivity index (χ0n) is 16.7. The van der Waals surface area contributed by atoms with Gasteiger partial charge in [-0.05, 0) is 30.7 Å². The number of aromatic nitrogens is 2. The summed E-state index contributed by atoms with van der Waals surface area (Å²) in [6, 6.07) is 14.7. The molecule has 3 heterocycles. The van der Waals surface area contributed by atoms with Crippen molar-refractivity contribution in [3.63, 3.8) is 0 Å². The van der Waals surface area contributed by atoms with Gasteiger partial charge in [0.05, 0.1) is 23.1 Å². The number of carbonyl (C=O) groups is 1. The number of thioether (sulfide) groups is 1. The molecule has 4 rings (SSSR count). The molecule has 2 N–H and O–H groups in total. The number of hydrogen-bond acceptors (Lipinski definition) is 7. The zero-order chi connectivity index (χ0) is 22.0. The molecule has 1 fully saturated rings. The number of carbonyl (C=O) groups excluding carboxylic acids is 1. The van der Waals surface area contributed by atoms with E-state index in [1.54, 1.807) is 29.3 Å². The van der Waals surface area contributed by atoms with Crippen LogP contribution in [0.15, 0.2) is 64.4 Å². The van der Waals surface area contributed by atoms with E-state index < -0.39 is 0 Å². The average molecular weight is 453 g/mol. The van der Waals surface area contributed by atoms with E-state index in [4.69, 9.17) is 12.2 Å². The number of fused-ring (bicyclic) bond motifs is 1. The minimum Gasteiger partial charge on any atom is -0.395 e. The molecule has 158 valence electrons. The van der Waals surface area contributed by atoms with Crippen LogP contribution in [-0.2, 0) is 4.79 Å². The molecule has 0 aliphatic carbocycles. The van der Waals surface area contributed by atoms with E-state index in [9.17, 15) is 14.7 Å². The lowest BCUT2D eigenvalue weighted by Crippen LogP contribution is -2.31. The molecule has 0 radical (unpaired) electrons. The third-order valence-corrected chi connectivity index (χ3v) is 6.27. The van der Waals surface area contributed by atoms with Crippen LogP contribution in [0.3, 0.4) is 0 Å². The first-order valence-electron chi connectivity index (χ1n) is 9.69. The molecule has 0 bridgehead atoms. The molecule has 0 saturated carbocycles. The summed E-state index contributed by atoms with van der Waals surface area (Å²) in [5.41, 5.74) is 1.37. The summed E-state index contributed by atoms with van der Waals surface area (Å²) in [5, 5.41) is 12.2. The van der Waals surface area contributed by atoms with E-state index in [0.29, 0.717) is 20.7 Å². The van der Waals surface area contributed by atoms with Gasteiger partial charge >= 0.3 is 0 Å². The van der Waals surface area contributed by atoms with Crippen molar-refractivity contribution in [3.05, 3.63) is 81.1 Å². The van der Waals surface area contributed by atoms with Gasteiger partial charge in [-0.1, -0.05) is 60.4 Å². The van der Waals surface area contributed by atoms with Crippen LogP contribution >= 0.6 is 24.0 Å². The van der Waals surface area contributed by atoms with Gasteiger partial charge in [-0.2, -0.15) is 0 Å². The molecular weight excluding hydrogens is 432 g/mol. The monoisotopic (exact) mass is 452 g/mol. The first-order valence-corrected chi connectivity index (χ1v) is 10.9. The second kappa shape index (κ2) is 9.01. The molecule has 0 spiro atoms. The maximum Gasteiger partial charge on any atom is 0.267 e. The Morgan fingerprint density at radius 2 is 1.94 bits per heavy atom. The van der Waals surface area contributed by atoms with Gasteiger partial charge in [-0.15, -0.1) is 0 Å². The number of anilines is 1. The quantitative estimate of drug-likeness (QED) is 0.439. The van der Waals surface area contributed by atoms with Crippen LogP contribution in [0.4, 0.5) is 5.82 Å². The number of rotatable bonds is 6. The highest BCUT2D eigenvalue weighted by atomic mass is 32.2. The highest BCUT2D eigenvalue weighted by Crippen LogP contribution is 2.38. The van der Waals surface area contributed by atoms with Crippen LogP contribution < -0.4 is 10.9 Å². The molecule has 1 aromatic carbocycles.